The van der Waals surface area contributed by atoms with Crippen LogP contribution in [0.1, 0.15) is 19.8 Å². The third kappa shape index (κ3) is 3.97. The molecule has 1 aromatic rings. The molecule has 0 saturated carbocycles. The number of likely N-dealkylation sites (N-methyl/N-ethyl adjacent to an activating group) is 1. The van der Waals surface area contributed by atoms with Gasteiger partial charge >= 0.3 is 0 Å². The van der Waals surface area contributed by atoms with Crippen molar-refractivity contribution in [2.24, 2.45) is 5.92 Å². The van der Waals surface area contributed by atoms with Crippen LogP contribution in [0, 0.1) is 5.92 Å². The molecular weight excluding hydrogens is 252 g/mol. The van der Waals surface area contributed by atoms with Gasteiger partial charge in [0, 0.05) is 44.5 Å². The molecule has 1 saturated heterocycles. The van der Waals surface area contributed by atoms with Crippen molar-refractivity contribution in [3.8, 4) is 0 Å². The number of anilines is 1. The number of hydrogen-bond acceptors (Lipinski definition) is 3. The fourth-order valence-corrected chi connectivity index (χ4v) is 2.41. The summed E-state index contributed by atoms with van der Waals surface area (Å²) in [4.78, 5) is 14.3. The van der Waals surface area contributed by atoms with Crippen molar-refractivity contribution in [2.75, 3.05) is 31.7 Å². The van der Waals surface area contributed by atoms with Crippen molar-refractivity contribution in [1.82, 2.24) is 5.32 Å². The minimum absolute atomic E-state index is 0.123. The molecule has 1 aromatic carbocycles. The highest BCUT2D eigenvalue weighted by Crippen LogP contribution is 2.16. The first-order chi connectivity index (χ1) is 9.68. The van der Waals surface area contributed by atoms with E-state index < -0.39 is 0 Å². The van der Waals surface area contributed by atoms with E-state index >= 15 is 0 Å². The summed E-state index contributed by atoms with van der Waals surface area (Å²) in [5.41, 5.74) is 1.17. The van der Waals surface area contributed by atoms with Crippen molar-refractivity contribution < 1.29 is 9.53 Å². The van der Waals surface area contributed by atoms with Crippen LogP contribution < -0.4 is 10.2 Å². The number of amides is 1. The van der Waals surface area contributed by atoms with Gasteiger partial charge in [0.2, 0.25) is 5.91 Å². The van der Waals surface area contributed by atoms with Gasteiger partial charge in [-0.15, -0.1) is 0 Å². The quantitative estimate of drug-likeness (QED) is 0.895. The minimum Gasteiger partial charge on any atom is -0.381 e. The molecule has 1 amide bonds. The minimum atomic E-state index is 0.123. The summed E-state index contributed by atoms with van der Waals surface area (Å²) < 4.78 is 5.28. The summed E-state index contributed by atoms with van der Waals surface area (Å²) in [5.74, 6) is 0.291. The molecule has 1 N–H and O–H groups in total. The Balaban J connectivity index is 1.79. The molecule has 0 spiro atoms. The molecule has 0 unspecified atom stereocenters. The summed E-state index contributed by atoms with van der Waals surface area (Å²) in [7, 11) is 2.06. The van der Waals surface area contributed by atoms with Crippen LogP contribution >= 0.6 is 0 Å². The summed E-state index contributed by atoms with van der Waals surface area (Å²) >= 11 is 0. The Hall–Kier alpha value is -1.55. The number of benzene rings is 1. The summed E-state index contributed by atoms with van der Waals surface area (Å²) in [5, 5.41) is 3.07. The van der Waals surface area contributed by atoms with Gasteiger partial charge < -0.3 is 15.0 Å². The van der Waals surface area contributed by atoms with E-state index in [0.717, 1.165) is 12.8 Å². The van der Waals surface area contributed by atoms with Gasteiger partial charge in [0.15, 0.2) is 0 Å². The highest BCUT2D eigenvalue weighted by molar-refractivity contribution is 5.78. The van der Waals surface area contributed by atoms with Crippen LogP contribution in [-0.4, -0.2) is 38.8 Å². The Morgan fingerprint density at radius 1 is 1.35 bits per heavy atom. The maximum atomic E-state index is 12.1. The second kappa shape index (κ2) is 7.29. The topological polar surface area (TPSA) is 41.6 Å². The van der Waals surface area contributed by atoms with E-state index in [1.807, 2.05) is 18.2 Å². The van der Waals surface area contributed by atoms with Crippen LogP contribution in [0.5, 0.6) is 0 Å². The molecule has 20 heavy (non-hydrogen) atoms. The second-order valence-electron chi connectivity index (χ2n) is 5.43. The van der Waals surface area contributed by atoms with Crippen LogP contribution in [0.2, 0.25) is 0 Å². The molecule has 4 heteroatoms. The van der Waals surface area contributed by atoms with Gasteiger partial charge in [0.05, 0.1) is 0 Å². The van der Waals surface area contributed by atoms with E-state index in [4.69, 9.17) is 4.74 Å². The molecule has 110 valence electrons. The molecule has 1 aliphatic rings. The zero-order valence-corrected chi connectivity index (χ0v) is 12.3. The number of hydrogen-bond donors (Lipinski definition) is 1. The molecule has 1 fully saturated rings. The van der Waals surface area contributed by atoms with Gasteiger partial charge in [-0.3, -0.25) is 4.79 Å². The normalized spacial score (nSPS) is 17.5. The standard InChI is InChI=1S/C16H24N2O2/c1-13(18(2)15-6-4-3-5-7-15)12-17-16(19)14-8-10-20-11-9-14/h3-7,13-14H,8-12H2,1-2H3,(H,17,19)/t13-/m1/s1. The highest BCUT2D eigenvalue weighted by Gasteiger charge is 2.22. The van der Waals surface area contributed by atoms with Gasteiger partial charge in [0.1, 0.15) is 0 Å². The Kier molecular flexibility index (Phi) is 5.41. The van der Waals surface area contributed by atoms with E-state index in [9.17, 15) is 4.79 Å². The van der Waals surface area contributed by atoms with Crippen LogP contribution in [0.15, 0.2) is 30.3 Å². The van der Waals surface area contributed by atoms with Crippen LogP contribution in [-0.2, 0) is 9.53 Å². The maximum Gasteiger partial charge on any atom is 0.223 e. The lowest BCUT2D eigenvalue weighted by Crippen LogP contribution is -2.43. The van der Waals surface area contributed by atoms with E-state index in [1.165, 1.54) is 5.69 Å². The first kappa shape index (κ1) is 14.9. The van der Waals surface area contributed by atoms with Crippen molar-refractivity contribution >= 4 is 11.6 Å². The number of nitrogens with one attached hydrogen (secondary N) is 1. The van der Waals surface area contributed by atoms with Gasteiger partial charge in [-0.2, -0.15) is 0 Å². The van der Waals surface area contributed by atoms with Crippen LogP contribution in [0.25, 0.3) is 0 Å². The summed E-state index contributed by atoms with van der Waals surface area (Å²) in [6, 6.07) is 10.5. The maximum absolute atomic E-state index is 12.1. The lowest BCUT2D eigenvalue weighted by atomic mass is 9.99. The SMILES string of the molecule is C[C@H](CNC(=O)C1CCOCC1)N(C)c1ccccc1. The van der Waals surface area contributed by atoms with Gasteiger partial charge in [0.25, 0.3) is 0 Å². The van der Waals surface area contributed by atoms with Gasteiger partial charge in [-0.05, 0) is 31.9 Å². The highest BCUT2D eigenvalue weighted by atomic mass is 16.5. The molecule has 1 heterocycles. The predicted octanol–water partition coefficient (Wildman–Crippen LogP) is 2.05. The molecule has 4 nitrogen and oxygen atoms in total. The number of carbonyl (C=O) groups is 1. The third-order valence-electron chi connectivity index (χ3n) is 3.99. The van der Waals surface area contributed by atoms with Crippen molar-refractivity contribution in [3.05, 3.63) is 30.3 Å². The average molecular weight is 276 g/mol. The Morgan fingerprint density at radius 2 is 2.00 bits per heavy atom. The Labute approximate surface area is 121 Å². The van der Waals surface area contributed by atoms with E-state index in [0.29, 0.717) is 19.8 Å². The lowest BCUT2D eigenvalue weighted by Gasteiger charge is -2.28. The smallest absolute Gasteiger partial charge is 0.223 e. The largest absolute Gasteiger partial charge is 0.381 e. The number of rotatable bonds is 5. The number of nitrogens with zero attached hydrogens (tertiary/aromatic N) is 1. The summed E-state index contributed by atoms with van der Waals surface area (Å²) in [6.45, 7) is 4.20. The predicted molar refractivity (Wildman–Crippen MR) is 80.9 cm³/mol. The molecule has 0 aromatic heterocycles. The Morgan fingerprint density at radius 3 is 2.65 bits per heavy atom. The molecule has 0 radical (unpaired) electrons. The third-order valence-corrected chi connectivity index (χ3v) is 3.99. The number of carbonyl (C=O) groups excluding carboxylic acids is 1. The van der Waals surface area contributed by atoms with Gasteiger partial charge in [-0.1, -0.05) is 18.2 Å². The van der Waals surface area contributed by atoms with Crippen molar-refractivity contribution in [1.29, 1.82) is 0 Å². The molecule has 1 atom stereocenters. The Bertz CT molecular complexity index is 416. The number of para-hydroxylation sites is 1. The zero-order chi connectivity index (χ0) is 14.4. The van der Waals surface area contributed by atoms with E-state index in [1.54, 1.807) is 0 Å². The second-order valence-corrected chi connectivity index (χ2v) is 5.43. The van der Waals surface area contributed by atoms with Crippen LogP contribution in [0.3, 0.4) is 0 Å². The molecule has 1 aliphatic heterocycles. The fourth-order valence-electron chi connectivity index (χ4n) is 2.41. The first-order valence-corrected chi connectivity index (χ1v) is 7.32. The van der Waals surface area contributed by atoms with Gasteiger partial charge in [-0.25, -0.2) is 0 Å². The van der Waals surface area contributed by atoms with Crippen molar-refractivity contribution in [3.63, 3.8) is 0 Å². The zero-order valence-electron chi connectivity index (χ0n) is 12.3. The molecule has 2 rings (SSSR count). The lowest BCUT2D eigenvalue weighted by molar-refractivity contribution is -0.127. The monoisotopic (exact) mass is 276 g/mol. The average Bonchev–Trinajstić information content (AvgIpc) is 2.53. The van der Waals surface area contributed by atoms with E-state index in [2.05, 4.69) is 36.3 Å². The molecular formula is C16H24N2O2. The molecule has 0 bridgehead atoms. The first-order valence-electron chi connectivity index (χ1n) is 7.32. The van der Waals surface area contributed by atoms with Crippen LogP contribution in [0.4, 0.5) is 5.69 Å². The van der Waals surface area contributed by atoms with E-state index in [-0.39, 0.29) is 17.9 Å². The fraction of sp³-hybridized carbons (Fsp3) is 0.562. The van der Waals surface area contributed by atoms with Crippen molar-refractivity contribution in [2.45, 2.75) is 25.8 Å². The summed E-state index contributed by atoms with van der Waals surface area (Å²) in [6.07, 6.45) is 1.68. The molecule has 0 aliphatic carbocycles. The number of ether oxygens (including phenoxy) is 1.